The molecular formula is C20H30N2O4. The Hall–Kier alpha value is -1.37. The lowest BCUT2D eigenvalue weighted by Gasteiger charge is -2.46. The van der Waals surface area contributed by atoms with Gasteiger partial charge in [-0.2, -0.15) is 0 Å². The third-order valence-corrected chi connectivity index (χ3v) is 6.15. The molecule has 0 bridgehead atoms. The molecule has 6 heteroatoms. The maximum absolute atomic E-state index is 12.6. The highest BCUT2D eigenvalue weighted by Gasteiger charge is 2.41. The highest BCUT2D eigenvalue weighted by Crippen LogP contribution is 2.39. The lowest BCUT2D eigenvalue weighted by atomic mass is 9.78. The minimum atomic E-state index is -0.0200. The fourth-order valence-electron chi connectivity index (χ4n) is 4.58. The molecule has 0 aromatic carbocycles. The van der Waals surface area contributed by atoms with Crippen molar-refractivity contribution in [2.75, 3.05) is 46.0 Å². The number of nitrogens with zero attached hydrogens (tertiary/aromatic N) is 2. The molecule has 1 atom stereocenters. The molecule has 1 unspecified atom stereocenters. The Morgan fingerprint density at radius 3 is 2.69 bits per heavy atom. The van der Waals surface area contributed by atoms with Gasteiger partial charge in [-0.3, -0.25) is 9.69 Å². The van der Waals surface area contributed by atoms with Gasteiger partial charge in [0, 0.05) is 39.2 Å². The van der Waals surface area contributed by atoms with Crippen LogP contribution in [0.4, 0.5) is 0 Å². The summed E-state index contributed by atoms with van der Waals surface area (Å²) in [5.41, 5.74) is -0.0200. The molecule has 0 aliphatic carbocycles. The molecule has 4 rings (SSSR count). The summed E-state index contributed by atoms with van der Waals surface area (Å²) >= 11 is 0. The molecule has 3 aliphatic heterocycles. The fraction of sp³-hybridized carbons (Fsp3) is 0.750. The number of morpholine rings is 1. The van der Waals surface area contributed by atoms with E-state index in [0.29, 0.717) is 31.5 Å². The largest absolute Gasteiger partial charge is 0.468 e. The van der Waals surface area contributed by atoms with E-state index in [1.165, 1.54) is 0 Å². The van der Waals surface area contributed by atoms with Crippen molar-refractivity contribution in [3.8, 4) is 0 Å². The van der Waals surface area contributed by atoms with Crippen molar-refractivity contribution < 1.29 is 18.7 Å². The molecular weight excluding hydrogens is 332 g/mol. The van der Waals surface area contributed by atoms with Crippen molar-refractivity contribution in [1.29, 1.82) is 0 Å². The van der Waals surface area contributed by atoms with Gasteiger partial charge in [0.15, 0.2) is 0 Å². The quantitative estimate of drug-likeness (QED) is 0.823. The normalized spacial score (nSPS) is 26.9. The summed E-state index contributed by atoms with van der Waals surface area (Å²) in [4.78, 5) is 17.0. The number of furan rings is 1. The van der Waals surface area contributed by atoms with Crippen molar-refractivity contribution in [1.82, 2.24) is 9.80 Å². The van der Waals surface area contributed by atoms with E-state index in [-0.39, 0.29) is 5.60 Å². The molecule has 1 amide bonds. The van der Waals surface area contributed by atoms with Crippen LogP contribution < -0.4 is 0 Å². The van der Waals surface area contributed by atoms with Crippen LogP contribution in [0, 0.1) is 5.92 Å². The van der Waals surface area contributed by atoms with Gasteiger partial charge in [0.25, 0.3) is 0 Å². The summed E-state index contributed by atoms with van der Waals surface area (Å²) in [6, 6.07) is 3.98. The first kappa shape index (κ1) is 18.0. The van der Waals surface area contributed by atoms with Crippen LogP contribution in [0.5, 0.6) is 0 Å². The Morgan fingerprint density at radius 1 is 1.15 bits per heavy atom. The molecule has 0 radical (unpaired) electrons. The maximum Gasteiger partial charge on any atom is 0.223 e. The number of amides is 1. The summed E-state index contributed by atoms with van der Waals surface area (Å²) in [5.74, 6) is 1.78. The van der Waals surface area contributed by atoms with Crippen LogP contribution in [-0.4, -0.2) is 67.3 Å². The Balaban J connectivity index is 1.27. The average molecular weight is 362 g/mol. The zero-order valence-corrected chi connectivity index (χ0v) is 15.5. The molecule has 144 valence electrons. The maximum atomic E-state index is 12.6. The van der Waals surface area contributed by atoms with Gasteiger partial charge in [-0.15, -0.1) is 0 Å². The van der Waals surface area contributed by atoms with E-state index in [1.807, 2.05) is 17.0 Å². The highest BCUT2D eigenvalue weighted by atomic mass is 16.5. The Bertz CT molecular complexity index is 575. The molecule has 3 aliphatic rings. The average Bonchev–Trinajstić information content (AvgIpc) is 3.18. The summed E-state index contributed by atoms with van der Waals surface area (Å²) < 4.78 is 17.1. The second-order valence-electron chi connectivity index (χ2n) is 7.94. The number of carbonyl (C=O) groups excluding carboxylic acids is 1. The molecule has 4 heterocycles. The van der Waals surface area contributed by atoms with E-state index >= 15 is 0 Å². The van der Waals surface area contributed by atoms with Crippen molar-refractivity contribution >= 4 is 5.91 Å². The standard InChI is InChI=1S/C20H30N2O4/c23-19(22-8-12-24-13-9-22)14-17-3-11-26-20(15-17)4-6-21(7-5-20)16-18-2-1-10-25-18/h1-2,10,17H,3-9,11-16H2. The van der Waals surface area contributed by atoms with Crippen molar-refractivity contribution in [2.24, 2.45) is 5.92 Å². The zero-order chi connectivity index (χ0) is 17.8. The Kier molecular flexibility index (Phi) is 5.62. The minimum Gasteiger partial charge on any atom is -0.468 e. The number of piperidine rings is 1. The molecule has 3 saturated heterocycles. The number of hydrogen-bond donors (Lipinski definition) is 0. The molecule has 0 N–H and O–H groups in total. The lowest BCUT2D eigenvalue weighted by molar-refractivity contribution is -0.145. The second kappa shape index (κ2) is 8.11. The summed E-state index contributed by atoms with van der Waals surface area (Å²) in [6.45, 7) is 6.57. The van der Waals surface area contributed by atoms with Crippen LogP contribution in [0.3, 0.4) is 0 Å². The number of ether oxygens (including phenoxy) is 2. The van der Waals surface area contributed by atoms with Crippen LogP contribution in [-0.2, 0) is 20.8 Å². The van der Waals surface area contributed by atoms with Gasteiger partial charge in [0.05, 0.1) is 31.6 Å². The second-order valence-corrected chi connectivity index (χ2v) is 7.94. The molecule has 0 saturated carbocycles. The SMILES string of the molecule is O=C(CC1CCOC2(CCN(Cc3ccco3)CC2)C1)N1CCOCC1. The molecule has 3 fully saturated rings. The van der Waals surface area contributed by atoms with Crippen LogP contribution in [0.25, 0.3) is 0 Å². The van der Waals surface area contributed by atoms with E-state index < -0.39 is 0 Å². The highest BCUT2D eigenvalue weighted by molar-refractivity contribution is 5.76. The van der Waals surface area contributed by atoms with E-state index in [4.69, 9.17) is 13.9 Å². The number of rotatable bonds is 4. The minimum absolute atomic E-state index is 0.0200. The molecule has 1 aromatic rings. The number of carbonyl (C=O) groups is 1. The van der Waals surface area contributed by atoms with Crippen LogP contribution in [0.15, 0.2) is 22.8 Å². The summed E-state index contributed by atoms with van der Waals surface area (Å²) in [7, 11) is 0. The van der Waals surface area contributed by atoms with Crippen molar-refractivity contribution in [3.63, 3.8) is 0 Å². The summed E-state index contributed by atoms with van der Waals surface area (Å²) in [5, 5.41) is 0. The van der Waals surface area contributed by atoms with Gasteiger partial charge in [-0.25, -0.2) is 0 Å². The number of hydrogen-bond acceptors (Lipinski definition) is 5. The molecule has 26 heavy (non-hydrogen) atoms. The zero-order valence-electron chi connectivity index (χ0n) is 15.5. The first-order valence-corrected chi connectivity index (χ1v) is 9.97. The Labute approximate surface area is 155 Å². The summed E-state index contributed by atoms with van der Waals surface area (Å²) in [6.07, 6.45) is 6.54. The van der Waals surface area contributed by atoms with Gasteiger partial charge >= 0.3 is 0 Å². The van der Waals surface area contributed by atoms with Crippen LogP contribution >= 0.6 is 0 Å². The number of likely N-dealkylation sites (tertiary alicyclic amines) is 1. The predicted molar refractivity (Wildman–Crippen MR) is 96.6 cm³/mol. The van der Waals surface area contributed by atoms with E-state index in [9.17, 15) is 4.79 Å². The molecule has 1 spiro atoms. The topological polar surface area (TPSA) is 55.2 Å². The molecule has 1 aromatic heterocycles. The first-order chi connectivity index (χ1) is 12.7. The predicted octanol–water partition coefficient (Wildman–Crippen LogP) is 2.29. The van der Waals surface area contributed by atoms with Crippen LogP contribution in [0.1, 0.15) is 37.9 Å². The first-order valence-electron chi connectivity index (χ1n) is 9.97. The van der Waals surface area contributed by atoms with Crippen molar-refractivity contribution in [3.05, 3.63) is 24.2 Å². The van der Waals surface area contributed by atoms with Crippen LogP contribution in [0.2, 0.25) is 0 Å². The van der Waals surface area contributed by atoms with E-state index in [1.54, 1.807) is 6.26 Å². The monoisotopic (exact) mass is 362 g/mol. The van der Waals surface area contributed by atoms with Gasteiger partial charge in [0.1, 0.15) is 5.76 Å². The van der Waals surface area contributed by atoms with Gasteiger partial charge in [-0.05, 0) is 43.7 Å². The van der Waals surface area contributed by atoms with E-state index in [2.05, 4.69) is 4.90 Å². The van der Waals surface area contributed by atoms with E-state index in [0.717, 1.165) is 70.8 Å². The van der Waals surface area contributed by atoms with Gasteiger partial charge in [0.2, 0.25) is 5.91 Å². The lowest BCUT2D eigenvalue weighted by Crippen LogP contribution is -2.50. The third-order valence-electron chi connectivity index (χ3n) is 6.15. The van der Waals surface area contributed by atoms with Gasteiger partial charge in [-0.1, -0.05) is 0 Å². The molecule has 6 nitrogen and oxygen atoms in total. The third kappa shape index (κ3) is 4.30. The Morgan fingerprint density at radius 2 is 1.96 bits per heavy atom. The van der Waals surface area contributed by atoms with Gasteiger partial charge < -0.3 is 18.8 Å². The smallest absolute Gasteiger partial charge is 0.223 e. The van der Waals surface area contributed by atoms with Crippen molar-refractivity contribution in [2.45, 2.75) is 44.2 Å². The fourth-order valence-corrected chi connectivity index (χ4v) is 4.58.